The average Bonchev–Trinajstić information content (AvgIpc) is 2.58. The molecular weight excluding hydrogens is 357 g/mol. The van der Waals surface area contributed by atoms with Gasteiger partial charge in [-0.3, -0.25) is 14.9 Å². The van der Waals surface area contributed by atoms with Gasteiger partial charge in [-0.1, -0.05) is 23.7 Å². The van der Waals surface area contributed by atoms with Gasteiger partial charge in [0.1, 0.15) is 11.5 Å². The molecular formula is C16H11Cl2NO5. The van der Waals surface area contributed by atoms with Gasteiger partial charge in [-0.2, -0.15) is 0 Å². The van der Waals surface area contributed by atoms with Crippen LogP contribution in [0.5, 0.6) is 11.5 Å². The minimum Gasteiger partial charge on any atom is -0.497 e. The summed E-state index contributed by atoms with van der Waals surface area (Å²) in [6.45, 7) is 0. The molecule has 0 bridgehead atoms. The Bertz CT molecular complexity index is 824. The molecule has 24 heavy (non-hydrogen) atoms. The SMILES string of the molecule is COc1ccc2c(c1)O[C@H](c1ccc(Cl)cc1)[C@@](Cl)([N+](=O)[O-])C2=O. The average molecular weight is 368 g/mol. The molecule has 124 valence electrons. The van der Waals surface area contributed by atoms with Gasteiger partial charge in [0.05, 0.1) is 17.6 Å². The van der Waals surface area contributed by atoms with E-state index in [4.69, 9.17) is 32.7 Å². The van der Waals surface area contributed by atoms with Crippen molar-refractivity contribution in [2.75, 3.05) is 7.11 Å². The second kappa shape index (κ2) is 5.96. The number of hydrogen-bond donors (Lipinski definition) is 0. The van der Waals surface area contributed by atoms with Gasteiger partial charge in [0, 0.05) is 16.7 Å². The Morgan fingerprint density at radius 1 is 1.25 bits per heavy atom. The number of alkyl halides is 1. The zero-order valence-electron chi connectivity index (χ0n) is 12.4. The molecule has 6 nitrogen and oxygen atoms in total. The number of ether oxygens (including phenoxy) is 2. The lowest BCUT2D eigenvalue weighted by atomic mass is 9.91. The van der Waals surface area contributed by atoms with Crippen molar-refractivity contribution in [3.8, 4) is 11.5 Å². The molecule has 3 rings (SSSR count). The van der Waals surface area contributed by atoms with Crippen molar-refractivity contribution in [2.24, 2.45) is 0 Å². The Morgan fingerprint density at radius 3 is 2.50 bits per heavy atom. The van der Waals surface area contributed by atoms with Crippen LogP contribution in [0.1, 0.15) is 22.0 Å². The van der Waals surface area contributed by atoms with E-state index in [2.05, 4.69) is 0 Å². The van der Waals surface area contributed by atoms with E-state index >= 15 is 0 Å². The van der Waals surface area contributed by atoms with Crippen molar-refractivity contribution in [3.05, 3.63) is 68.7 Å². The van der Waals surface area contributed by atoms with Crippen LogP contribution in [0, 0.1) is 10.1 Å². The van der Waals surface area contributed by atoms with Crippen LogP contribution >= 0.6 is 23.2 Å². The molecule has 8 heteroatoms. The Balaban J connectivity index is 2.17. The van der Waals surface area contributed by atoms with E-state index in [1.807, 2.05) is 0 Å². The lowest BCUT2D eigenvalue weighted by Crippen LogP contribution is -2.51. The number of fused-ring (bicyclic) bond motifs is 1. The number of carbonyl (C=O) groups excluding carboxylic acids is 1. The topological polar surface area (TPSA) is 78.7 Å². The molecule has 0 fully saturated rings. The fourth-order valence-electron chi connectivity index (χ4n) is 2.53. The predicted octanol–water partition coefficient (Wildman–Crippen LogP) is 3.88. The first kappa shape index (κ1) is 16.5. The molecule has 0 radical (unpaired) electrons. The molecule has 2 aromatic rings. The van der Waals surface area contributed by atoms with E-state index in [1.54, 1.807) is 12.1 Å². The molecule has 0 saturated heterocycles. The summed E-state index contributed by atoms with van der Waals surface area (Å²) in [6.07, 6.45) is -1.31. The molecule has 0 N–H and O–H groups in total. The number of Topliss-reactive ketones (excluding diaryl/α,β-unsaturated/α-hetero) is 1. The molecule has 0 amide bonds. The van der Waals surface area contributed by atoms with E-state index in [1.165, 1.54) is 37.4 Å². The Labute approximate surface area is 147 Å². The normalized spacial score (nSPS) is 22.5. The third kappa shape index (κ3) is 2.48. The highest BCUT2D eigenvalue weighted by Gasteiger charge is 2.62. The molecule has 0 spiro atoms. The van der Waals surface area contributed by atoms with Crippen molar-refractivity contribution >= 4 is 29.0 Å². The molecule has 0 unspecified atom stereocenters. The van der Waals surface area contributed by atoms with Crippen molar-refractivity contribution in [1.82, 2.24) is 0 Å². The minimum absolute atomic E-state index is 0.0349. The standard InChI is InChI=1S/C16H11Cl2NO5/c1-23-11-6-7-12-13(8-11)24-15(9-2-4-10(17)5-3-9)16(18,14(12)20)19(21)22/h2-8,15H,1H3/t15-,16+/m1/s1. The number of methoxy groups -OCH3 is 1. The van der Waals surface area contributed by atoms with Gasteiger partial charge >= 0.3 is 5.00 Å². The monoisotopic (exact) mass is 367 g/mol. The lowest BCUT2D eigenvalue weighted by molar-refractivity contribution is -0.536. The zero-order chi connectivity index (χ0) is 17.5. The molecule has 0 aromatic heterocycles. The summed E-state index contributed by atoms with van der Waals surface area (Å²) < 4.78 is 10.8. The maximum atomic E-state index is 12.7. The van der Waals surface area contributed by atoms with Crippen LogP contribution in [0.15, 0.2) is 42.5 Å². The third-order valence-corrected chi connectivity index (χ3v) is 4.54. The Kier molecular flexibility index (Phi) is 4.11. The number of carbonyl (C=O) groups is 1. The van der Waals surface area contributed by atoms with E-state index in [0.717, 1.165) is 0 Å². The van der Waals surface area contributed by atoms with E-state index in [9.17, 15) is 14.9 Å². The van der Waals surface area contributed by atoms with Gasteiger partial charge in [-0.15, -0.1) is 0 Å². The smallest absolute Gasteiger partial charge is 0.397 e. The highest BCUT2D eigenvalue weighted by Crippen LogP contribution is 2.46. The third-order valence-electron chi connectivity index (χ3n) is 3.78. The van der Waals surface area contributed by atoms with E-state index in [0.29, 0.717) is 16.3 Å². The first-order valence-electron chi connectivity index (χ1n) is 6.86. The molecule has 2 aromatic carbocycles. The van der Waals surface area contributed by atoms with E-state index in [-0.39, 0.29) is 11.3 Å². The molecule has 1 aliphatic rings. The van der Waals surface area contributed by atoms with Gasteiger partial charge in [0.25, 0.3) is 5.78 Å². The van der Waals surface area contributed by atoms with Gasteiger partial charge < -0.3 is 9.47 Å². The van der Waals surface area contributed by atoms with Gasteiger partial charge in [0.2, 0.25) is 6.10 Å². The largest absolute Gasteiger partial charge is 0.497 e. The maximum absolute atomic E-state index is 12.7. The number of halogens is 2. The Hall–Kier alpha value is -2.31. The van der Waals surface area contributed by atoms with Crippen LogP contribution in [0.3, 0.4) is 0 Å². The second-order valence-corrected chi connectivity index (χ2v) is 6.18. The summed E-state index contributed by atoms with van der Waals surface area (Å²) in [7, 11) is 1.46. The van der Waals surface area contributed by atoms with E-state index < -0.39 is 21.8 Å². The summed E-state index contributed by atoms with van der Waals surface area (Å²) in [5.41, 5.74) is 0.403. The number of hydrogen-bond acceptors (Lipinski definition) is 5. The second-order valence-electron chi connectivity index (χ2n) is 5.17. The van der Waals surface area contributed by atoms with Crippen molar-refractivity contribution in [3.63, 3.8) is 0 Å². The van der Waals surface area contributed by atoms with Gasteiger partial charge in [-0.05, 0) is 35.9 Å². The minimum atomic E-state index is -2.46. The summed E-state index contributed by atoms with van der Waals surface area (Å²) in [6, 6.07) is 10.6. The fourth-order valence-corrected chi connectivity index (χ4v) is 2.93. The number of rotatable bonds is 3. The molecule has 1 heterocycles. The number of benzene rings is 2. The lowest BCUT2D eigenvalue weighted by Gasteiger charge is -2.32. The summed E-state index contributed by atoms with van der Waals surface area (Å²) in [5.74, 6) is -0.199. The number of nitrogens with zero attached hydrogens (tertiary/aromatic N) is 1. The van der Waals surface area contributed by atoms with Crippen LogP contribution in [-0.4, -0.2) is 22.8 Å². The van der Waals surface area contributed by atoms with Gasteiger partial charge in [-0.25, -0.2) is 0 Å². The first-order chi connectivity index (χ1) is 11.4. The number of nitro groups is 1. The van der Waals surface area contributed by atoms with Crippen LogP contribution in [0.25, 0.3) is 0 Å². The molecule has 2 atom stereocenters. The number of ketones is 1. The van der Waals surface area contributed by atoms with Crippen LogP contribution < -0.4 is 9.47 Å². The molecule has 1 aliphatic heterocycles. The Morgan fingerprint density at radius 2 is 1.92 bits per heavy atom. The fraction of sp³-hybridized carbons (Fsp3) is 0.188. The van der Waals surface area contributed by atoms with Crippen molar-refractivity contribution in [1.29, 1.82) is 0 Å². The predicted molar refractivity (Wildman–Crippen MR) is 87.7 cm³/mol. The molecule has 0 aliphatic carbocycles. The summed E-state index contributed by atoms with van der Waals surface area (Å²) >= 11 is 12.0. The molecule has 0 saturated carbocycles. The highest BCUT2D eigenvalue weighted by atomic mass is 35.5. The van der Waals surface area contributed by atoms with Crippen molar-refractivity contribution < 1.29 is 19.2 Å². The van der Waals surface area contributed by atoms with Crippen LogP contribution in [0.4, 0.5) is 0 Å². The highest BCUT2D eigenvalue weighted by molar-refractivity contribution is 6.37. The maximum Gasteiger partial charge on any atom is 0.397 e. The summed E-state index contributed by atoms with van der Waals surface area (Å²) in [5, 5.41) is 12.0. The van der Waals surface area contributed by atoms with Gasteiger partial charge in [0.15, 0.2) is 0 Å². The van der Waals surface area contributed by atoms with Crippen molar-refractivity contribution in [2.45, 2.75) is 11.1 Å². The first-order valence-corrected chi connectivity index (χ1v) is 7.62. The summed E-state index contributed by atoms with van der Waals surface area (Å²) in [4.78, 5) is 21.0. The van der Waals surface area contributed by atoms with Crippen LogP contribution in [-0.2, 0) is 0 Å². The quantitative estimate of drug-likeness (QED) is 0.356. The zero-order valence-corrected chi connectivity index (χ0v) is 13.9. The van der Waals surface area contributed by atoms with Crippen LogP contribution in [0.2, 0.25) is 5.02 Å².